The Morgan fingerprint density at radius 1 is 0.571 bits per heavy atom. The van der Waals surface area contributed by atoms with Crippen LogP contribution < -0.4 is 21.7 Å². The summed E-state index contributed by atoms with van der Waals surface area (Å²) >= 11 is 0. The van der Waals surface area contributed by atoms with E-state index in [1.165, 1.54) is 16.7 Å². The van der Waals surface area contributed by atoms with E-state index in [0.717, 1.165) is 56.2 Å². The lowest BCUT2D eigenvalue weighted by molar-refractivity contribution is -0.384. The van der Waals surface area contributed by atoms with Gasteiger partial charge in [0.25, 0.3) is 23.2 Å². The summed E-state index contributed by atoms with van der Waals surface area (Å²) in [5.74, 6) is -5.70. The molecular formula is C42H28F22N6O7. The Labute approximate surface area is 413 Å². The Morgan fingerprint density at radius 3 is 1.23 bits per heavy atom. The first-order valence-electron chi connectivity index (χ1n) is 20.5. The number of carbonyl (C=O) groups is 3. The summed E-state index contributed by atoms with van der Waals surface area (Å²) in [5, 5.41) is 27.8. The van der Waals surface area contributed by atoms with E-state index >= 15 is 0 Å². The number of aldehydes is 1. The number of carbonyl (C=O) groups excluding carboxylic acids is 3. The van der Waals surface area contributed by atoms with E-state index in [0.29, 0.717) is 12.0 Å². The number of benzene rings is 4. The summed E-state index contributed by atoms with van der Waals surface area (Å²) in [4.78, 5) is 53.2. The second-order valence-electron chi connectivity index (χ2n) is 16.2. The quantitative estimate of drug-likeness (QED) is 0.0350. The number of rotatable bonds is 12. The van der Waals surface area contributed by atoms with Crippen molar-refractivity contribution >= 4 is 52.2 Å². The van der Waals surface area contributed by atoms with Crippen molar-refractivity contribution in [2.45, 2.75) is 74.1 Å². The molecule has 77 heavy (non-hydrogen) atoms. The molecule has 0 spiro atoms. The highest BCUT2D eigenvalue weighted by Gasteiger charge is 2.75. The van der Waals surface area contributed by atoms with Gasteiger partial charge in [-0.25, -0.2) is 17.6 Å². The molecule has 2 amide bonds. The largest absolute Gasteiger partial charge is 0.435 e. The number of anilines is 4. The van der Waals surface area contributed by atoms with Crippen LogP contribution in [-0.4, -0.2) is 59.2 Å². The summed E-state index contributed by atoms with van der Waals surface area (Å²) in [7, 11) is 0. The molecule has 35 heteroatoms. The summed E-state index contributed by atoms with van der Waals surface area (Å²) < 4.78 is 296. The van der Waals surface area contributed by atoms with E-state index in [1.807, 2.05) is 0 Å². The van der Waals surface area contributed by atoms with Crippen LogP contribution in [0.2, 0.25) is 0 Å². The van der Waals surface area contributed by atoms with Crippen LogP contribution >= 0.6 is 0 Å². The number of nitrogens with two attached hydrogens (primary N) is 1. The molecule has 4 aromatic carbocycles. The number of halogens is 22. The van der Waals surface area contributed by atoms with Crippen molar-refractivity contribution < 1.29 is 121 Å². The highest BCUT2D eigenvalue weighted by Crippen LogP contribution is 2.57. The molecule has 0 bridgehead atoms. The van der Waals surface area contributed by atoms with Gasteiger partial charge in [0.05, 0.1) is 43.5 Å². The van der Waals surface area contributed by atoms with E-state index in [4.69, 9.17) is 5.73 Å². The van der Waals surface area contributed by atoms with Crippen molar-refractivity contribution in [1.29, 1.82) is 0 Å². The summed E-state index contributed by atoms with van der Waals surface area (Å²) in [5.41, 5.74) is -29.8. The van der Waals surface area contributed by atoms with Crippen LogP contribution in [0.25, 0.3) is 0 Å². The lowest BCUT2D eigenvalue weighted by Crippen LogP contribution is -2.50. The van der Waals surface area contributed by atoms with Crippen LogP contribution in [0.5, 0.6) is 0 Å². The minimum absolute atomic E-state index is 0.221. The number of nitro groups is 2. The summed E-state index contributed by atoms with van der Waals surface area (Å²) in [6.45, 7) is 0.288. The first-order valence-corrected chi connectivity index (χ1v) is 20.5. The monoisotopic (exact) mass is 1150 g/mol. The van der Waals surface area contributed by atoms with Crippen molar-refractivity contribution in [1.82, 2.24) is 0 Å². The molecule has 2 saturated carbocycles. The van der Waals surface area contributed by atoms with Gasteiger partial charge in [0.1, 0.15) is 17.7 Å². The number of hydrogen-bond acceptors (Lipinski definition) is 9. The molecule has 422 valence electrons. The maximum absolute atomic E-state index is 14.8. The van der Waals surface area contributed by atoms with Crippen molar-refractivity contribution in [2.75, 3.05) is 28.2 Å². The Morgan fingerprint density at radius 2 is 0.935 bits per heavy atom. The second-order valence-corrected chi connectivity index (χ2v) is 16.2. The number of amides is 2. The Kier molecular flexibility index (Phi) is 17.5. The smallest absolute Gasteiger partial charge is 0.396 e. The number of hydrogen-bond donors (Lipinski definition) is 4. The maximum Gasteiger partial charge on any atom is 0.435 e. The first-order chi connectivity index (χ1) is 34.9. The average molecular weight is 1150 g/mol. The second kappa shape index (κ2) is 21.8. The fraction of sp³-hybridized carbons (Fsp3) is 0.357. The maximum atomic E-state index is 14.8. The van der Waals surface area contributed by atoms with Gasteiger partial charge in [-0.15, -0.1) is 0 Å². The van der Waals surface area contributed by atoms with E-state index in [-0.39, 0.29) is 18.2 Å². The molecule has 0 radical (unpaired) electrons. The summed E-state index contributed by atoms with van der Waals surface area (Å²) in [6, 6.07) is 2.12. The van der Waals surface area contributed by atoms with Gasteiger partial charge in [-0.3, -0.25) is 29.8 Å². The number of nitro benzene ring substituents is 2. The molecule has 4 aromatic rings. The van der Waals surface area contributed by atoms with Gasteiger partial charge in [0.2, 0.25) is 0 Å². The van der Waals surface area contributed by atoms with E-state index in [2.05, 4.69) is 5.32 Å². The molecule has 0 aromatic heterocycles. The standard InChI is InChI=1S/C21H14F11N3O3.C17H8F11N3O3.C4H6O/c22-15-11(2-1-3-13(15)33-8-9-4-5-9)17(36)34-16-12(19(24,25)26)6-10(7-14(16)35(37)38)18(23,20(27,28)29)21(30,31)32;18-11-7(2-1-3-9(11)29)13(32)30-12-8(15(20,21)22)4-6(5-10(12)31(33)34)14(19,16(23,24)25)17(26,27)28;5-3-4-1-2-4/h1-3,6-7,9,33H,4-5,8H2,(H,34,36);1-5H,29H2,(H,30,32);3-4H,1-2H2. The van der Waals surface area contributed by atoms with Gasteiger partial charge in [0, 0.05) is 35.7 Å². The highest BCUT2D eigenvalue weighted by atomic mass is 19.4. The van der Waals surface area contributed by atoms with Crippen molar-refractivity contribution in [3.63, 3.8) is 0 Å². The molecule has 13 nitrogen and oxygen atoms in total. The SMILES string of the molecule is Nc1cccc(C(=O)Nc2c([N+](=O)[O-])cc(C(F)(C(F)(F)F)C(F)(F)F)cc2C(F)(F)F)c1F.O=C(Nc1c([N+](=O)[O-])cc(C(F)(C(F)(F)F)C(F)(F)F)cc1C(F)(F)F)c1cccc(NCC2CC2)c1F.O=CC1CC1. The molecule has 2 fully saturated rings. The van der Waals surface area contributed by atoms with Gasteiger partial charge >= 0.3 is 48.4 Å². The lowest BCUT2D eigenvalue weighted by Gasteiger charge is -2.31. The van der Waals surface area contributed by atoms with Crippen LogP contribution in [0.4, 0.5) is 131 Å². The highest BCUT2D eigenvalue weighted by molar-refractivity contribution is 6.07. The zero-order valence-electron chi connectivity index (χ0n) is 37.2. The van der Waals surface area contributed by atoms with Gasteiger partial charge < -0.3 is 26.5 Å². The Hall–Kier alpha value is -7.65. The third-order valence-corrected chi connectivity index (χ3v) is 10.7. The number of nitrogens with zero attached hydrogens (tertiary/aromatic N) is 2. The minimum Gasteiger partial charge on any atom is -0.396 e. The lowest BCUT2D eigenvalue weighted by atomic mass is 9.91. The molecule has 0 atom stereocenters. The average Bonchev–Trinajstić information content (AvgIpc) is 4.23. The van der Waals surface area contributed by atoms with Crippen LogP contribution in [0, 0.1) is 43.7 Å². The first kappa shape index (κ1) is 61.9. The molecule has 0 heterocycles. The normalized spacial score (nSPS) is 14.5. The number of alkyl halides is 20. The molecule has 5 N–H and O–H groups in total. The van der Waals surface area contributed by atoms with Crippen molar-refractivity contribution in [3.05, 3.63) is 126 Å². The van der Waals surface area contributed by atoms with Crippen LogP contribution in [-0.2, 0) is 28.5 Å². The van der Waals surface area contributed by atoms with E-state index < -0.39 is 168 Å². The number of nitrogens with one attached hydrogen (secondary N) is 3. The Balaban J connectivity index is 0.000000305. The zero-order chi connectivity index (χ0) is 59.0. The van der Waals surface area contributed by atoms with E-state index in [1.54, 1.807) is 0 Å². The molecule has 2 aliphatic rings. The van der Waals surface area contributed by atoms with Gasteiger partial charge in [-0.2, -0.15) is 79.0 Å². The molecule has 6 rings (SSSR count). The zero-order valence-corrected chi connectivity index (χ0v) is 37.2. The molecular weight excluding hydrogens is 1120 g/mol. The minimum atomic E-state index is -6.89. The Bertz CT molecular complexity index is 2880. The fourth-order valence-corrected chi connectivity index (χ4v) is 6.36. The van der Waals surface area contributed by atoms with Crippen molar-refractivity contribution in [2.24, 2.45) is 11.8 Å². The molecule has 0 saturated heterocycles. The van der Waals surface area contributed by atoms with Gasteiger partial charge in [-0.05, 0) is 68.0 Å². The van der Waals surface area contributed by atoms with Gasteiger partial charge in [-0.1, -0.05) is 12.1 Å². The fourth-order valence-electron chi connectivity index (χ4n) is 6.36. The molecule has 0 unspecified atom stereocenters. The molecule has 2 aliphatic carbocycles. The predicted octanol–water partition coefficient (Wildman–Crippen LogP) is 13.6. The van der Waals surface area contributed by atoms with Gasteiger partial charge in [0.15, 0.2) is 11.6 Å². The number of nitrogen functional groups attached to an aromatic ring is 1. The predicted molar refractivity (Wildman–Crippen MR) is 219 cm³/mol. The van der Waals surface area contributed by atoms with Crippen LogP contribution in [0.15, 0.2) is 60.7 Å². The van der Waals surface area contributed by atoms with E-state index in [9.17, 15) is 131 Å². The third-order valence-electron chi connectivity index (χ3n) is 10.7. The van der Waals surface area contributed by atoms with Crippen molar-refractivity contribution in [3.8, 4) is 0 Å². The van der Waals surface area contributed by atoms with Crippen LogP contribution in [0.3, 0.4) is 0 Å². The third kappa shape index (κ3) is 13.5. The summed E-state index contributed by atoms with van der Waals surface area (Å²) in [6.07, 6.45) is -34.4. The molecule has 0 aliphatic heterocycles. The van der Waals surface area contributed by atoms with Crippen LogP contribution in [0.1, 0.15) is 68.7 Å². The topological polar surface area (TPSA) is 200 Å².